The van der Waals surface area contributed by atoms with Gasteiger partial charge in [-0.1, -0.05) is 23.2 Å². The van der Waals surface area contributed by atoms with Crippen molar-refractivity contribution in [2.24, 2.45) is 0 Å². The lowest BCUT2D eigenvalue weighted by Gasteiger charge is -2.09. The molecule has 0 fully saturated rings. The molecule has 0 aliphatic heterocycles. The van der Waals surface area contributed by atoms with Crippen LogP contribution in [0.5, 0.6) is 5.75 Å². The number of halogens is 2. The highest BCUT2D eigenvalue weighted by atomic mass is 35.5. The second kappa shape index (κ2) is 7.38. The molecule has 0 saturated heterocycles. The summed E-state index contributed by atoms with van der Waals surface area (Å²) in [7, 11) is 1.63. The lowest BCUT2D eigenvalue weighted by molar-refractivity contribution is 0.415. The number of methoxy groups -OCH3 is 1. The first-order valence-electron chi connectivity index (χ1n) is 7.09. The molecule has 0 spiro atoms. The van der Waals surface area contributed by atoms with Crippen LogP contribution in [-0.4, -0.2) is 17.1 Å². The molecule has 3 aromatic rings. The predicted octanol–water partition coefficient (Wildman–Crippen LogP) is 5.28. The summed E-state index contributed by atoms with van der Waals surface area (Å²) in [6.07, 6.45) is 1.66. The average Bonchev–Trinajstić information content (AvgIpc) is 2.55. The van der Waals surface area contributed by atoms with Crippen LogP contribution in [0.3, 0.4) is 0 Å². The molecule has 3 rings (SSSR count). The lowest BCUT2D eigenvalue weighted by Crippen LogP contribution is -2.00. The lowest BCUT2D eigenvalue weighted by atomic mass is 10.3. The molecule has 0 aliphatic carbocycles. The average molecular weight is 361 g/mol. The van der Waals surface area contributed by atoms with E-state index in [1.807, 2.05) is 24.3 Å². The molecule has 0 amide bonds. The molecule has 0 bridgehead atoms. The molecule has 0 atom stereocenters. The number of aromatic nitrogens is 2. The van der Waals surface area contributed by atoms with Crippen LogP contribution in [0.4, 0.5) is 23.1 Å². The summed E-state index contributed by atoms with van der Waals surface area (Å²) < 4.78 is 5.14. The van der Waals surface area contributed by atoms with Crippen LogP contribution in [0.2, 0.25) is 10.0 Å². The van der Waals surface area contributed by atoms with E-state index in [9.17, 15) is 0 Å². The number of nitrogens with one attached hydrogen (secondary N) is 2. The number of ether oxygens (including phenoxy) is 1. The van der Waals surface area contributed by atoms with Crippen molar-refractivity contribution < 1.29 is 4.74 Å². The first-order chi connectivity index (χ1) is 11.6. The highest BCUT2D eigenvalue weighted by Gasteiger charge is 2.03. The van der Waals surface area contributed by atoms with Crippen LogP contribution in [-0.2, 0) is 0 Å². The van der Waals surface area contributed by atoms with Gasteiger partial charge in [0.15, 0.2) is 0 Å². The molecule has 0 saturated carbocycles. The standard InChI is InChI=1S/C17H14Cl2N4O/c1-24-15-4-2-13(3-5-15)21-16-6-7-20-17(23-16)22-14-9-11(18)8-12(19)10-14/h2-10H,1H3,(H2,20,21,22,23). The monoisotopic (exact) mass is 360 g/mol. The van der Waals surface area contributed by atoms with Gasteiger partial charge in [0.05, 0.1) is 7.11 Å². The van der Waals surface area contributed by atoms with Crippen molar-refractivity contribution in [3.63, 3.8) is 0 Å². The second-order valence-electron chi connectivity index (χ2n) is 4.90. The normalized spacial score (nSPS) is 10.3. The number of anilines is 4. The zero-order valence-corrected chi connectivity index (χ0v) is 14.3. The molecule has 24 heavy (non-hydrogen) atoms. The van der Waals surface area contributed by atoms with Gasteiger partial charge in [0.25, 0.3) is 0 Å². The molecule has 122 valence electrons. The van der Waals surface area contributed by atoms with Gasteiger partial charge in [0, 0.05) is 27.6 Å². The van der Waals surface area contributed by atoms with Gasteiger partial charge < -0.3 is 15.4 Å². The predicted molar refractivity (Wildman–Crippen MR) is 98.1 cm³/mol. The Kier molecular flexibility index (Phi) is 5.03. The largest absolute Gasteiger partial charge is 0.497 e. The summed E-state index contributed by atoms with van der Waals surface area (Å²) in [5, 5.41) is 7.36. The maximum absolute atomic E-state index is 5.99. The van der Waals surface area contributed by atoms with Gasteiger partial charge in [-0.3, -0.25) is 0 Å². The minimum atomic E-state index is 0.437. The van der Waals surface area contributed by atoms with Gasteiger partial charge in [-0.05, 0) is 48.5 Å². The zero-order chi connectivity index (χ0) is 16.9. The van der Waals surface area contributed by atoms with E-state index in [0.29, 0.717) is 27.5 Å². The van der Waals surface area contributed by atoms with Gasteiger partial charge in [0.2, 0.25) is 5.95 Å². The van der Waals surface area contributed by atoms with Crippen molar-refractivity contribution in [1.82, 2.24) is 9.97 Å². The SMILES string of the molecule is COc1ccc(Nc2ccnc(Nc3cc(Cl)cc(Cl)c3)n2)cc1. The second-order valence-corrected chi connectivity index (χ2v) is 5.77. The smallest absolute Gasteiger partial charge is 0.229 e. The van der Waals surface area contributed by atoms with Gasteiger partial charge in [-0.25, -0.2) is 4.98 Å². The van der Waals surface area contributed by atoms with Crippen LogP contribution in [0, 0.1) is 0 Å². The Morgan fingerprint density at radius 2 is 1.58 bits per heavy atom. The Bertz CT molecular complexity index is 820. The molecule has 7 heteroatoms. The fourth-order valence-electron chi connectivity index (χ4n) is 2.07. The number of hydrogen-bond acceptors (Lipinski definition) is 5. The summed E-state index contributed by atoms with van der Waals surface area (Å²) in [6.45, 7) is 0. The van der Waals surface area contributed by atoms with E-state index in [1.165, 1.54) is 0 Å². The molecular weight excluding hydrogens is 347 g/mol. The first-order valence-corrected chi connectivity index (χ1v) is 7.85. The molecule has 0 unspecified atom stereocenters. The molecule has 5 nitrogen and oxygen atoms in total. The van der Waals surface area contributed by atoms with E-state index < -0.39 is 0 Å². The molecule has 2 N–H and O–H groups in total. The van der Waals surface area contributed by atoms with Crippen molar-refractivity contribution >= 4 is 46.3 Å². The molecule has 1 aromatic heterocycles. The Morgan fingerprint density at radius 3 is 2.25 bits per heavy atom. The molecule has 2 aromatic carbocycles. The quantitative estimate of drug-likeness (QED) is 0.648. The Labute approximate surface area is 149 Å². The number of nitrogens with zero attached hydrogens (tertiary/aromatic N) is 2. The topological polar surface area (TPSA) is 59.1 Å². The number of rotatable bonds is 5. The molecule has 0 radical (unpaired) electrons. The van der Waals surface area contributed by atoms with Gasteiger partial charge >= 0.3 is 0 Å². The van der Waals surface area contributed by atoms with Crippen molar-refractivity contribution in [1.29, 1.82) is 0 Å². The third-order valence-electron chi connectivity index (χ3n) is 3.14. The van der Waals surface area contributed by atoms with E-state index in [2.05, 4.69) is 20.6 Å². The maximum atomic E-state index is 5.99. The van der Waals surface area contributed by atoms with E-state index in [4.69, 9.17) is 27.9 Å². The van der Waals surface area contributed by atoms with Crippen LogP contribution in [0.25, 0.3) is 0 Å². The van der Waals surface area contributed by atoms with Crippen molar-refractivity contribution in [2.75, 3.05) is 17.7 Å². The fraction of sp³-hybridized carbons (Fsp3) is 0.0588. The zero-order valence-electron chi connectivity index (χ0n) is 12.8. The van der Waals surface area contributed by atoms with Crippen LogP contribution in [0.15, 0.2) is 54.7 Å². The van der Waals surface area contributed by atoms with Gasteiger partial charge in [-0.15, -0.1) is 0 Å². The van der Waals surface area contributed by atoms with Crippen LogP contribution < -0.4 is 15.4 Å². The Balaban J connectivity index is 1.75. The van der Waals surface area contributed by atoms with Crippen LogP contribution >= 0.6 is 23.2 Å². The summed E-state index contributed by atoms with van der Waals surface area (Å²) in [4.78, 5) is 8.61. The number of hydrogen-bond donors (Lipinski definition) is 2. The fourth-order valence-corrected chi connectivity index (χ4v) is 2.59. The summed E-state index contributed by atoms with van der Waals surface area (Å²) in [5.41, 5.74) is 1.61. The van der Waals surface area contributed by atoms with E-state index in [0.717, 1.165) is 11.4 Å². The van der Waals surface area contributed by atoms with Gasteiger partial charge in [-0.2, -0.15) is 4.98 Å². The molecule has 0 aliphatic rings. The third-order valence-corrected chi connectivity index (χ3v) is 3.57. The van der Waals surface area contributed by atoms with Gasteiger partial charge in [0.1, 0.15) is 11.6 Å². The maximum Gasteiger partial charge on any atom is 0.229 e. The Morgan fingerprint density at radius 1 is 0.875 bits per heavy atom. The highest BCUT2D eigenvalue weighted by Crippen LogP contribution is 2.25. The minimum Gasteiger partial charge on any atom is -0.497 e. The van der Waals surface area contributed by atoms with E-state index in [-0.39, 0.29) is 0 Å². The van der Waals surface area contributed by atoms with Crippen molar-refractivity contribution in [2.45, 2.75) is 0 Å². The summed E-state index contributed by atoms with van der Waals surface area (Å²) >= 11 is 12.0. The minimum absolute atomic E-state index is 0.437. The molecular formula is C17H14Cl2N4O. The van der Waals surface area contributed by atoms with E-state index in [1.54, 1.807) is 37.6 Å². The third kappa shape index (κ3) is 4.28. The number of benzene rings is 2. The van der Waals surface area contributed by atoms with Crippen molar-refractivity contribution in [3.8, 4) is 5.75 Å². The first kappa shape index (κ1) is 16.4. The highest BCUT2D eigenvalue weighted by molar-refractivity contribution is 6.35. The summed E-state index contributed by atoms with van der Waals surface area (Å²) in [5.74, 6) is 1.89. The van der Waals surface area contributed by atoms with E-state index >= 15 is 0 Å². The van der Waals surface area contributed by atoms with Crippen molar-refractivity contribution in [3.05, 3.63) is 64.8 Å². The Hall–Kier alpha value is -2.50. The van der Waals surface area contributed by atoms with Crippen LogP contribution in [0.1, 0.15) is 0 Å². The molecule has 1 heterocycles. The summed E-state index contributed by atoms with van der Waals surface area (Å²) in [6, 6.07) is 14.5.